The van der Waals surface area contributed by atoms with Crippen LogP contribution in [0.1, 0.15) is 39.4 Å². The molecule has 0 saturated carbocycles. The zero-order chi connectivity index (χ0) is 15.3. The number of rotatable bonds is 6. The van der Waals surface area contributed by atoms with Crippen molar-refractivity contribution in [3.63, 3.8) is 0 Å². The van der Waals surface area contributed by atoms with Gasteiger partial charge in [0.1, 0.15) is 17.5 Å². The Hall–Kier alpha value is -1.85. The molecule has 0 aromatic carbocycles. The average molecular weight is 279 g/mol. The van der Waals surface area contributed by atoms with E-state index in [1.165, 1.54) is 0 Å². The van der Waals surface area contributed by atoms with Gasteiger partial charge < -0.3 is 16.0 Å². The molecule has 1 rings (SSSR count). The maximum atomic E-state index is 11.8. The van der Waals surface area contributed by atoms with E-state index < -0.39 is 0 Å². The first kappa shape index (κ1) is 16.2. The van der Waals surface area contributed by atoms with Crippen LogP contribution in [0.3, 0.4) is 0 Å². The van der Waals surface area contributed by atoms with E-state index in [4.69, 9.17) is 5.73 Å². The zero-order valence-corrected chi connectivity index (χ0v) is 13.0. The number of amides is 1. The molecule has 1 aromatic rings. The van der Waals surface area contributed by atoms with Gasteiger partial charge >= 0.3 is 0 Å². The molecular weight excluding hydrogens is 254 g/mol. The number of likely N-dealkylation sites (N-methyl/N-ethyl adjacent to an activating group) is 1. The Morgan fingerprint density at radius 3 is 2.55 bits per heavy atom. The van der Waals surface area contributed by atoms with Crippen LogP contribution in [0.25, 0.3) is 0 Å². The number of aromatic nitrogens is 2. The van der Waals surface area contributed by atoms with E-state index in [-0.39, 0.29) is 18.4 Å². The molecule has 0 fully saturated rings. The molecule has 1 heterocycles. The predicted molar refractivity (Wildman–Crippen MR) is 81.7 cm³/mol. The second-order valence-corrected chi connectivity index (χ2v) is 5.72. The monoisotopic (exact) mass is 279 g/mol. The van der Waals surface area contributed by atoms with Gasteiger partial charge in [0.25, 0.3) is 0 Å². The number of nitrogens with two attached hydrogens (primary N) is 1. The van der Waals surface area contributed by atoms with Crippen LogP contribution in [0.5, 0.6) is 0 Å². The van der Waals surface area contributed by atoms with Gasteiger partial charge in [-0.05, 0) is 5.92 Å². The van der Waals surface area contributed by atoms with Crippen LogP contribution in [-0.4, -0.2) is 36.0 Å². The lowest BCUT2D eigenvalue weighted by Crippen LogP contribution is -2.37. The van der Waals surface area contributed by atoms with Crippen LogP contribution in [-0.2, 0) is 4.79 Å². The van der Waals surface area contributed by atoms with Crippen LogP contribution in [0.15, 0.2) is 6.07 Å². The molecule has 1 amide bonds. The van der Waals surface area contributed by atoms with Crippen LogP contribution in [0.2, 0.25) is 0 Å². The minimum atomic E-state index is -0.0236. The number of carbonyl (C=O) groups excluding carboxylic acids is 1. The zero-order valence-electron chi connectivity index (χ0n) is 13.0. The fraction of sp³-hybridized carbons (Fsp3) is 0.643. The molecule has 0 bridgehead atoms. The highest BCUT2D eigenvalue weighted by molar-refractivity contribution is 5.80. The summed E-state index contributed by atoms with van der Waals surface area (Å²) in [5.74, 6) is 2.39. The lowest BCUT2D eigenvalue weighted by atomic mass is 10.2. The third-order valence-corrected chi connectivity index (χ3v) is 2.75. The Morgan fingerprint density at radius 1 is 1.35 bits per heavy atom. The Morgan fingerprint density at radius 2 is 2.00 bits per heavy atom. The van der Waals surface area contributed by atoms with Crippen molar-refractivity contribution in [1.29, 1.82) is 0 Å². The summed E-state index contributed by atoms with van der Waals surface area (Å²) in [6.07, 6.45) is 0. The smallest absolute Gasteiger partial charge is 0.239 e. The molecule has 0 aliphatic heterocycles. The lowest BCUT2D eigenvalue weighted by Gasteiger charge is -2.19. The van der Waals surface area contributed by atoms with Gasteiger partial charge in [0.15, 0.2) is 0 Å². The third-order valence-electron chi connectivity index (χ3n) is 2.75. The van der Waals surface area contributed by atoms with Gasteiger partial charge in [-0.25, -0.2) is 9.97 Å². The third kappa shape index (κ3) is 5.03. The van der Waals surface area contributed by atoms with Crippen molar-refractivity contribution in [3.8, 4) is 0 Å². The van der Waals surface area contributed by atoms with Crippen molar-refractivity contribution < 1.29 is 4.79 Å². The van der Waals surface area contributed by atoms with Crippen molar-refractivity contribution >= 4 is 17.5 Å². The van der Waals surface area contributed by atoms with Crippen LogP contribution >= 0.6 is 0 Å². The summed E-state index contributed by atoms with van der Waals surface area (Å²) in [4.78, 5) is 22.2. The molecule has 0 unspecified atom stereocenters. The van der Waals surface area contributed by atoms with Crippen molar-refractivity contribution in [2.75, 3.05) is 30.8 Å². The van der Waals surface area contributed by atoms with Gasteiger partial charge in [0.2, 0.25) is 5.91 Å². The molecule has 6 nitrogen and oxygen atoms in total. The second-order valence-electron chi connectivity index (χ2n) is 5.72. The SMILES string of the molecule is CC(C)CNC(=O)CN(C)c1cc(N)nc(C(C)C)n1. The van der Waals surface area contributed by atoms with Crippen LogP contribution < -0.4 is 16.0 Å². The summed E-state index contributed by atoms with van der Waals surface area (Å²) in [5, 5.41) is 2.88. The number of hydrogen-bond donors (Lipinski definition) is 2. The summed E-state index contributed by atoms with van der Waals surface area (Å²) in [7, 11) is 1.82. The van der Waals surface area contributed by atoms with Crippen molar-refractivity contribution in [2.24, 2.45) is 5.92 Å². The lowest BCUT2D eigenvalue weighted by molar-refractivity contribution is -0.119. The fourth-order valence-corrected chi connectivity index (χ4v) is 1.60. The molecule has 0 saturated heterocycles. The van der Waals surface area contributed by atoms with E-state index in [9.17, 15) is 4.79 Å². The average Bonchev–Trinajstić information content (AvgIpc) is 2.35. The maximum absolute atomic E-state index is 11.8. The molecule has 0 atom stereocenters. The predicted octanol–water partition coefficient (Wildman–Crippen LogP) is 1.39. The summed E-state index contributed by atoms with van der Waals surface area (Å²) in [5.41, 5.74) is 5.79. The highest BCUT2D eigenvalue weighted by Gasteiger charge is 2.12. The summed E-state index contributed by atoms with van der Waals surface area (Å²) in [6.45, 7) is 9.06. The largest absolute Gasteiger partial charge is 0.384 e. The molecular formula is C14H25N5O. The second kappa shape index (κ2) is 7.07. The quantitative estimate of drug-likeness (QED) is 0.822. The molecule has 1 aromatic heterocycles. The van der Waals surface area contributed by atoms with Gasteiger partial charge in [-0.1, -0.05) is 27.7 Å². The number of hydrogen-bond acceptors (Lipinski definition) is 5. The Bertz CT molecular complexity index is 459. The standard InChI is InChI=1S/C14H25N5O/c1-9(2)7-16-13(20)8-19(5)12-6-11(15)17-14(18-12)10(3)4/h6,9-10H,7-8H2,1-5H3,(H,16,20)(H2,15,17,18). The highest BCUT2D eigenvalue weighted by Crippen LogP contribution is 2.17. The van der Waals surface area contributed by atoms with E-state index in [1.54, 1.807) is 11.0 Å². The molecule has 112 valence electrons. The van der Waals surface area contributed by atoms with Crippen LogP contribution in [0, 0.1) is 5.92 Å². The first-order valence-corrected chi connectivity index (χ1v) is 6.92. The van der Waals surface area contributed by atoms with E-state index in [2.05, 4.69) is 29.1 Å². The van der Waals surface area contributed by atoms with E-state index in [0.717, 1.165) is 0 Å². The molecule has 0 spiro atoms. The first-order valence-electron chi connectivity index (χ1n) is 6.92. The minimum absolute atomic E-state index is 0.0236. The Balaban J connectivity index is 2.72. The summed E-state index contributed by atoms with van der Waals surface area (Å²) < 4.78 is 0. The maximum Gasteiger partial charge on any atom is 0.239 e. The van der Waals surface area contributed by atoms with Gasteiger partial charge in [-0.2, -0.15) is 0 Å². The number of nitrogens with zero attached hydrogens (tertiary/aromatic N) is 3. The van der Waals surface area contributed by atoms with Gasteiger partial charge in [-0.15, -0.1) is 0 Å². The van der Waals surface area contributed by atoms with Gasteiger partial charge in [-0.3, -0.25) is 4.79 Å². The fourth-order valence-electron chi connectivity index (χ4n) is 1.60. The van der Waals surface area contributed by atoms with Crippen molar-refractivity contribution in [3.05, 3.63) is 11.9 Å². The first-order chi connectivity index (χ1) is 9.29. The molecule has 0 radical (unpaired) electrons. The van der Waals surface area contributed by atoms with Crippen LogP contribution in [0.4, 0.5) is 11.6 Å². The molecule has 0 aliphatic rings. The molecule has 20 heavy (non-hydrogen) atoms. The number of anilines is 2. The summed E-state index contributed by atoms with van der Waals surface area (Å²) in [6, 6.07) is 1.68. The Labute approximate surface area is 120 Å². The number of carbonyl (C=O) groups is 1. The molecule has 0 aliphatic carbocycles. The van der Waals surface area contributed by atoms with E-state index in [0.29, 0.717) is 29.9 Å². The van der Waals surface area contributed by atoms with Crippen molar-refractivity contribution in [2.45, 2.75) is 33.6 Å². The molecule has 6 heteroatoms. The van der Waals surface area contributed by atoms with Gasteiger partial charge in [0.05, 0.1) is 6.54 Å². The topological polar surface area (TPSA) is 84.1 Å². The summed E-state index contributed by atoms with van der Waals surface area (Å²) >= 11 is 0. The Kier molecular flexibility index (Phi) is 5.73. The van der Waals surface area contributed by atoms with E-state index in [1.807, 2.05) is 20.9 Å². The number of nitrogen functional groups attached to an aromatic ring is 1. The highest BCUT2D eigenvalue weighted by atomic mass is 16.2. The van der Waals surface area contributed by atoms with Gasteiger partial charge in [0, 0.05) is 25.6 Å². The normalized spacial score (nSPS) is 10.9. The van der Waals surface area contributed by atoms with Crippen molar-refractivity contribution in [1.82, 2.24) is 15.3 Å². The minimum Gasteiger partial charge on any atom is -0.384 e. The molecule has 3 N–H and O–H groups in total. The van der Waals surface area contributed by atoms with E-state index >= 15 is 0 Å². The number of nitrogens with one attached hydrogen (secondary N) is 1.